The lowest BCUT2D eigenvalue weighted by Crippen LogP contribution is -2.46. The maximum Gasteiger partial charge on any atom is 0.226 e. The zero-order chi connectivity index (χ0) is 23.2. The van der Waals surface area contributed by atoms with E-state index >= 15 is 0 Å². The lowest BCUT2D eigenvalue weighted by molar-refractivity contribution is -0.139. The molecule has 6 rings (SSSR count). The smallest absolute Gasteiger partial charge is 0.226 e. The molecule has 7 nitrogen and oxygen atoms in total. The molecule has 3 aliphatic rings. The second-order valence-corrected chi connectivity index (χ2v) is 11.4. The predicted octanol–water partition coefficient (Wildman–Crippen LogP) is 4.35. The van der Waals surface area contributed by atoms with Gasteiger partial charge in [0.2, 0.25) is 5.91 Å². The van der Waals surface area contributed by atoms with Gasteiger partial charge in [0.25, 0.3) is 0 Å². The van der Waals surface area contributed by atoms with Crippen molar-refractivity contribution in [3.63, 3.8) is 0 Å². The van der Waals surface area contributed by atoms with Gasteiger partial charge in [-0.25, -0.2) is 9.97 Å². The average molecular weight is 495 g/mol. The van der Waals surface area contributed by atoms with Crippen molar-refractivity contribution in [2.24, 2.45) is 5.92 Å². The fraction of sp³-hybridized carbons (Fsp3) is 0.440. The second-order valence-electron chi connectivity index (χ2n) is 9.23. The first kappa shape index (κ1) is 22.0. The van der Waals surface area contributed by atoms with Gasteiger partial charge in [-0.2, -0.15) is 0 Å². The molecule has 0 spiro atoms. The van der Waals surface area contributed by atoms with Crippen molar-refractivity contribution < 1.29 is 14.3 Å². The Bertz CT molecular complexity index is 1290. The van der Waals surface area contributed by atoms with E-state index in [1.165, 1.54) is 22.2 Å². The summed E-state index contributed by atoms with van der Waals surface area (Å²) in [5.74, 6) is 1.08. The maximum atomic E-state index is 13.3. The minimum Gasteiger partial charge on any atom is -0.380 e. The van der Waals surface area contributed by atoms with Crippen molar-refractivity contribution in [1.29, 1.82) is 0 Å². The van der Waals surface area contributed by atoms with Crippen LogP contribution in [-0.4, -0.2) is 52.2 Å². The Hall–Kier alpha value is -2.49. The number of nitrogens with zero attached hydrogens (tertiary/aromatic N) is 3. The van der Waals surface area contributed by atoms with Crippen LogP contribution in [0.1, 0.15) is 35.3 Å². The number of rotatable bonds is 4. The van der Waals surface area contributed by atoms with Crippen LogP contribution in [-0.2, 0) is 33.6 Å². The number of amides is 1. The van der Waals surface area contributed by atoms with Crippen LogP contribution in [0.25, 0.3) is 10.2 Å². The Kier molecular flexibility index (Phi) is 5.79. The van der Waals surface area contributed by atoms with E-state index in [2.05, 4.69) is 15.3 Å². The molecular formula is C25H26N4O3S2. The van der Waals surface area contributed by atoms with Gasteiger partial charge >= 0.3 is 0 Å². The van der Waals surface area contributed by atoms with E-state index in [1.54, 1.807) is 24.8 Å². The molecule has 0 radical (unpaired) electrons. The summed E-state index contributed by atoms with van der Waals surface area (Å²) in [5.41, 5.74) is 3.27. The van der Waals surface area contributed by atoms with E-state index in [9.17, 15) is 9.59 Å². The number of likely N-dealkylation sites (tertiary alicyclic amines) is 1. The van der Waals surface area contributed by atoms with Gasteiger partial charge in [-0.3, -0.25) is 9.59 Å². The number of anilines is 2. The first-order chi connectivity index (χ1) is 16.6. The molecule has 1 amide bonds. The van der Waals surface area contributed by atoms with E-state index in [4.69, 9.17) is 4.74 Å². The number of thiophene rings is 1. The van der Waals surface area contributed by atoms with E-state index in [1.807, 2.05) is 23.1 Å². The molecule has 2 aliphatic heterocycles. The number of aromatic nitrogens is 2. The average Bonchev–Trinajstić information content (AvgIpc) is 3.42. The Labute approximate surface area is 206 Å². The molecule has 9 heteroatoms. The van der Waals surface area contributed by atoms with Crippen LogP contribution in [0.15, 0.2) is 29.4 Å². The molecule has 1 aromatic carbocycles. The van der Waals surface area contributed by atoms with E-state index < -0.39 is 0 Å². The van der Waals surface area contributed by atoms with Crippen LogP contribution in [0.5, 0.6) is 0 Å². The topological polar surface area (TPSA) is 84.4 Å². The SMILES string of the molecule is COC1CCCN(C(=O)C2CCc3c(sc4ncnc(Nc5ccc6c(c5)SC(=O)C6)c34)C2)C1. The third-order valence-electron chi connectivity index (χ3n) is 7.11. The molecule has 34 heavy (non-hydrogen) atoms. The molecule has 4 heterocycles. The molecule has 1 saturated heterocycles. The molecule has 0 saturated carbocycles. The highest BCUT2D eigenvalue weighted by Crippen LogP contribution is 2.41. The Morgan fingerprint density at radius 1 is 1.26 bits per heavy atom. The number of hydrogen-bond donors (Lipinski definition) is 1. The highest BCUT2D eigenvalue weighted by Gasteiger charge is 2.33. The molecule has 1 N–H and O–H groups in total. The number of ether oxygens (including phenoxy) is 1. The van der Waals surface area contributed by atoms with Crippen molar-refractivity contribution in [2.45, 2.75) is 49.5 Å². The van der Waals surface area contributed by atoms with Gasteiger partial charge in [0.1, 0.15) is 17.0 Å². The lowest BCUT2D eigenvalue weighted by atomic mass is 9.86. The lowest BCUT2D eigenvalue weighted by Gasteiger charge is -2.35. The Morgan fingerprint density at radius 3 is 3.06 bits per heavy atom. The molecule has 2 aromatic heterocycles. The number of methoxy groups -OCH3 is 1. The number of nitrogens with one attached hydrogen (secondary N) is 1. The van der Waals surface area contributed by atoms with Gasteiger partial charge in [-0.05, 0) is 55.4 Å². The highest BCUT2D eigenvalue weighted by atomic mass is 32.2. The minimum absolute atomic E-state index is 0.0202. The van der Waals surface area contributed by atoms with Gasteiger partial charge in [0.05, 0.1) is 11.5 Å². The van der Waals surface area contributed by atoms with Crippen LogP contribution < -0.4 is 5.32 Å². The van der Waals surface area contributed by atoms with Crippen LogP contribution in [0.2, 0.25) is 0 Å². The normalized spacial score (nSPS) is 22.0. The van der Waals surface area contributed by atoms with Gasteiger partial charge in [0, 0.05) is 48.0 Å². The molecular weight excluding hydrogens is 468 g/mol. The number of hydrogen-bond acceptors (Lipinski definition) is 8. The zero-order valence-electron chi connectivity index (χ0n) is 19.0. The summed E-state index contributed by atoms with van der Waals surface area (Å²) in [7, 11) is 1.73. The summed E-state index contributed by atoms with van der Waals surface area (Å²) in [6.07, 6.45) is 6.74. The van der Waals surface area contributed by atoms with Crippen molar-refractivity contribution in [3.05, 3.63) is 40.5 Å². The third kappa shape index (κ3) is 3.99. The number of carbonyl (C=O) groups excluding carboxylic acids is 2. The monoisotopic (exact) mass is 494 g/mol. The van der Waals surface area contributed by atoms with Crippen molar-refractivity contribution in [1.82, 2.24) is 14.9 Å². The molecule has 176 valence electrons. The summed E-state index contributed by atoms with van der Waals surface area (Å²) < 4.78 is 5.51. The van der Waals surface area contributed by atoms with Gasteiger partial charge < -0.3 is 15.0 Å². The predicted molar refractivity (Wildman–Crippen MR) is 134 cm³/mol. The van der Waals surface area contributed by atoms with Gasteiger partial charge in [0.15, 0.2) is 5.12 Å². The number of benzene rings is 1. The fourth-order valence-electron chi connectivity index (χ4n) is 5.33. The molecule has 1 fully saturated rings. The minimum atomic E-state index is 0.0202. The van der Waals surface area contributed by atoms with Crippen molar-refractivity contribution >= 4 is 55.8 Å². The van der Waals surface area contributed by atoms with Crippen molar-refractivity contribution in [3.8, 4) is 0 Å². The van der Waals surface area contributed by atoms with Crippen LogP contribution in [0, 0.1) is 5.92 Å². The number of carbonyl (C=O) groups is 2. The number of fused-ring (bicyclic) bond motifs is 4. The quantitative estimate of drug-likeness (QED) is 0.577. The summed E-state index contributed by atoms with van der Waals surface area (Å²) >= 11 is 2.99. The number of thioether (sulfide) groups is 1. The fourth-order valence-corrected chi connectivity index (χ4v) is 7.53. The van der Waals surface area contributed by atoms with Crippen LogP contribution >= 0.6 is 23.1 Å². The molecule has 3 aromatic rings. The first-order valence-corrected chi connectivity index (χ1v) is 13.4. The molecule has 2 unspecified atom stereocenters. The first-order valence-electron chi connectivity index (χ1n) is 11.8. The standard InChI is InChI=1S/C25H26N4O3S2/c1-32-17-3-2-8-29(12-17)25(31)15-5-7-18-20(9-15)34-24-22(18)23(26-13-27-24)28-16-6-4-14-10-21(30)33-19(14)11-16/h4,6,11,13,15,17H,2-3,5,7-10,12H2,1H3,(H,26,27,28). The maximum absolute atomic E-state index is 13.3. The van der Waals surface area contributed by atoms with Gasteiger partial charge in [-0.15, -0.1) is 11.3 Å². The van der Waals surface area contributed by atoms with E-state index in [-0.39, 0.29) is 23.0 Å². The van der Waals surface area contributed by atoms with Crippen molar-refractivity contribution in [2.75, 3.05) is 25.5 Å². The highest BCUT2D eigenvalue weighted by molar-refractivity contribution is 8.14. The molecule has 1 aliphatic carbocycles. The summed E-state index contributed by atoms with van der Waals surface area (Å²) in [6.45, 7) is 1.54. The second kappa shape index (κ2) is 8.94. The van der Waals surface area contributed by atoms with E-state index in [0.717, 1.165) is 70.8 Å². The van der Waals surface area contributed by atoms with E-state index in [0.29, 0.717) is 13.0 Å². The Morgan fingerprint density at radius 2 is 2.18 bits per heavy atom. The number of piperidine rings is 1. The van der Waals surface area contributed by atoms with Crippen LogP contribution in [0.3, 0.4) is 0 Å². The van der Waals surface area contributed by atoms with Gasteiger partial charge in [-0.1, -0.05) is 17.8 Å². The molecule has 2 atom stereocenters. The Balaban J connectivity index is 1.24. The third-order valence-corrected chi connectivity index (χ3v) is 9.24. The number of aryl methyl sites for hydroxylation is 1. The molecule has 0 bridgehead atoms. The van der Waals surface area contributed by atoms with Crippen LogP contribution in [0.4, 0.5) is 11.5 Å². The summed E-state index contributed by atoms with van der Waals surface area (Å²) in [4.78, 5) is 39.4. The largest absolute Gasteiger partial charge is 0.380 e. The zero-order valence-corrected chi connectivity index (χ0v) is 20.6. The summed E-state index contributed by atoms with van der Waals surface area (Å²) in [6, 6.07) is 6.05. The summed E-state index contributed by atoms with van der Waals surface area (Å²) in [5, 5.41) is 4.72.